The first kappa shape index (κ1) is 2.90. The molecule has 1 aliphatic heterocycles. The van der Waals surface area contributed by atoms with Crippen LogP contribution in [0.5, 0.6) is 0 Å². The van der Waals surface area contributed by atoms with E-state index in [0.717, 1.165) is 7.11 Å². The summed E-state index contributed by atoms with van der Waals surface area (Å²) in [6.07, 6.45) is -5.94. The molecule has 0 spiro atoms. The first-order chi connectivity index (χ1) is 6.61. The summed E-state index contributed by atoms with van der Waals surface area (Å²) < 4.78 is 40.6. The number of ether oxygens (including phenoxy) is 1. The molecule has 56 valence electrons. The van der Waals surface area contributed by atoms with Crippen molar-refractivity contribution in [2.24, 2.45) is 0 Å². The van der Waals surface area contributed by atoms with Crippen molar-refractivity contribution in [2.45, 2.75) is 18.8 Å². The molecular formula is C6H9NO3. The minimum Gasteiger partial charge on any atom is -0.467 e. The first-order valence-electron chi connectivity index (χ1n) is 5.02. The van der Waals surface area contributed by atoms with E-state index in [-0.39, 0.29) is 0 Å². The molecule has 1 heterocycles. The summed E-state index contributed by atoms with van der Waals surface area (Å²) in [6.45, 7) is 0. The van der Waals surface area contributed by atoms with Crippen LogP contribution in [-0.4, -0.2) is 25.0 Å². The van der Waals surface area contributed by atoms with Crippen LogP contribution in [0.15, 0.2) is 0 Å². The Kier molecular flexibility index (Phi) is 0.778. The number of carbonyl (C=O) groups is 2. The highest BCUT2D eigenvalue weighted by atomic mass is 16.5. The Morgan fingerprint density at radius 2 is 2.80 bits per heavy atom. The van der Waals surface area contributed by atoms with E-state index in [1.807, 2.05) is 0 Å². The van der Waals surface area contributed by atoms with Gasteiger partial charge in [0.2, 0.25) is 5.91 Å². The fourth-order valence-electron chi connectivity index (χ4n) is 0.499. The van der Waals surface area contributed by atoms with E-state index in [1.54, 1.807) is 5.32 Å². The molecule has 0 aromatic carbocycles. The molecular weight excluding hydrogens is 134 g/mol. The number of esters is 1. The van der Waals surface area contributed by atoms with Crippen molar-refractivity contribution < 1.29 is 21.2 Å². The maximum absolute atomic E-state index is 11.2. The van der Waals surface area contributed by atoms with E-state index in [4.69, 9.17) is 6.85 Å². The minimum absolute atomic E-state index is 0.925. The molecule has 0 saturated carbocycles. The Bertz CT molecular complexity index is 331. The largest absolute Gasteiger partial charge is 0.467 e. The van der Waals surface area contributed by atoms with Gasteiger partial charge in [-0.05, 0) is 6.37 Å². The van der Waals surface area contributed by atoms with Crippen LogP contribution in [-0.2, 0) is 14.3 Å². The number of rotatable bonds is 1. The third-order valence-electron chi connectivity index (χ3n) is 0.929. The number of hydrogen-bond acceptors (Lipinski definition) is 3. The number of methoxy groups -OCH3 is 1. The quantitative estimate of drug-likeness (QED) is 0.507. The molecule has 0 radical (unpaired) electrons. The van der Waals surface area contributed by atoms with Gasteiger partial charge in [0.05, 0.1) is 8.48 Å². The van der Waals surface area contributed by atoms with Gasteiger partial charge >= 0.3 is 5.97 Å². The summed E-state index contributed by atoms with van der Waals surface area (Å²) in [5.41, 5.74) is 0. The fraction of sp³-hybridized carbons (Fsp3) is 0.667. The van der Waals surface area contributed by atoms with Gasteiger partial charge < -0.3 is 10.1 Å². The lowest BCUT2D eigenvalue weighted by Gasteiger charge is -2.04. The van der Waals surface area contributed by atoms with Crippen LogP contribution >= 0.6 is 0 Å². The van der Waals surface area contributed by atoms with E-state index < -0.39 is 30.6 Å². The summed E-state index contributed by atoms with van der Waals surface area (Å²) in [4.78, 5) is 22.2. The molecule has 1 N–H and O–H groups in total. The van der Waals surface area contributed by atoms with Crippen LogP contribution in [0.4, 0.5) is 0 Å². The Morgan fingerprint density at radius 3 is 3.20 bits per heavy atom. The van der Waals surface area contributed by atoms with Crippen LogP contribution in [0.25, 0.3) is 0 Å². The summed E-state index contributed by atoms with van der Waals surface area (Å²) in [7, 11) is 0.925. The maximum atomic E-state index is 11.2. The standard InChI is InChI=1S/C6H9NO3/c1-10-6(9)4-2-3-5(8)7-4/h4H,2-3H2,1H3,(H,7,8)/t4-/m0/s1/i2D2,3D2,4D. The highest BCUT2D eigenvalue weighted by Crippen LogP contribution is 2.06. The lowest BCUT2D eigenvalue weighted by atomic mass is 10.2. The molecule has 10 heavy (non-hydrogen) atoms. The van der Waals surface area contributed by atoms with E-state index >= 15 is 0 Å². The zero-order chi connectivity index (χ0) is 12.1. The van der Waals surface area contributed by atoms with Gasteiger partial charge in [-0.15, -0.1) is 0 Å². The highest BCUT2D eigenvalue weighted by Gasteiger charge is 2.27. The lowest BCUT2D eigenvalue weighted by molar-refractivity contribution is -0.143. The van der Waals surface area contributed by atoms with Crippen LogP contribution in [0, 0.1) is 0 Å². The van der Waals surface area contributed by atoms with Crippen molar-refractivity contribution >= 4 is 11.9 Å². The monoisotopic (exact) mass is 148 g/mol. The van der Waals surface area contributed by atoms with Crippen LogP contribution in [0.2, 0.25) is 0 Å². The summed E-state index contributed by atoms with van der Waals surface area (Å²) in [5, 5.41) is 1.66. The topological polar surface area (TPSA) is 55.4 Å². The van der Waals surface area contributed by atoms with Crippen LogP contribution in [0.3, 0.4) is 0 Å². The van der Waals surface area contributed by atoms with Crippen molar-refractivity contribution in [3.63, 3.8) is 0 Å². The molecule has 0 aromatic rings. The molecule has 1 amide bonds. The summed E-state index contributed by atoms with van der Waals surface area (Å²) >= 11 is 0. The molecule has 1 rings (SSSR count). The molecule has 1 fully saturated rings. The smallest absolute Gasteiger partial charge is 0.328 e. The van der Waals surface area contributed by atoms with Gasteiger partial charge in [0, 0.05) is 11.9 Å². The molecule has 0 unspecified atom stereocenters. The Morgan fingerprint density at radius 1 is 2.10 bits per heavy atom. The average Bonchev–Trinajstić information content (AvgIpc) is 2.25. The third kappa shape index (κ3) is 1.26. The van der Waals surface area contributed by atoms with E-state index in [1.165, 1.54) is 0 Å². The highest BCUT2D eigenvalue weighted by molar-refractivity contribution is 5.87. The van der Waals surface area contributed by atoms with Gasteiger partial charge in [0.25, 0.3) is 0 Å². The number of amides is 1. The maximum Gasteiger partial charge on any atom is 0.328 e. The molecule has 1 aliphatic rings. The molecule has 1 atom stereocenters. The lowest BCUT2D eigenvalue weighted by Crippen LogP contribution is -2.33. The normalized spacial score (nSPS) is 48.9. The first-order valence-corrected chi connectivity index (χ1v) is 2.52. The molecule has 0 bridgehead atoms. The second kappa shape index (κ2) is 2.68. The second-order valence-electron chi connectivity index (χ2n) is 1.57. The van der Waals surface area contributed by atoms with E-state index in [0.29, 0.717) is 0 Å². The molecule has 4 nitrogen and oxygen atoms in total. The van der Waals surface area contributed by atoms with Crippen molar-refractivity contribution in [2.75, 3.05) is 7.11 Å². The molecule has 1 saturated heterocycles. The second-order valence-corrected chi connectivity index (χ2v) is 1.57. The van der Waals surface area contributed by atoms with Gasteiger partial charge in [-0.2, -0.15) is 0 Å². The SMILES string of the molecule is [2H]C1([2H])C(=O)N[C@]([2H])(C(=O)OC)C1([2H])[2H]. The van der Waals surface area contributed by atoms with E-state index in [9.17, 15) is 9.59 Å². The molecule has 0 aliphatic carbocycles. The fourth-order valence-corrected chi connectivity index (χ4v) is 0.499. The van der Waals surface area contributed by atoms with Crippen LogP contribution < -0.4 is 5.32 Å². The van der Waals surface area contributed by atoms with Gasteiger partial charge in [-0.1, -0.05) is 0 Å². The Labute approximate surface area is 65.6 Å². The van der Waals surface area contributed by atoms with Gasteiger partial charge in [-0.3, -0.25) is 4.79 Å². The summed E-state index contributed by atoms with van der Waals surface area (Å²) in [5.74, 6) is -2.69. The predicted octanol–water partition coefficient (Wildman–Crippen LogP) is -0.562. The van der Waals surface area contributed by atoms with Crippen molar-refractivity contribution in [3.8, 4) is 0 Å². The minimum atomic E-state index is -3.00. The Balaban J connectivity index is 3.27. The van der Waals surface area contributed by atoms with Crippen molar-refractivity contribution in [1.29, 1.82) is 0 Å². The van der Waals surface area contributed by atoms with E-state index in [2.05, 4.69) is 4.74 Å². The third-order valence-corrected chi connectivity index (χ3v) is 0.929. The van der Waals surface area contributed by atoms with Crippen molar-refractivity contribution in [1.82, 2.24) is 5.32 Å². The van der Waals surface area contributed by atoms with Gasteiger partial charge in [-0.25, -0.2) is 4.79 Å². The average molecular weight is 148 g/mol. The van der Waals surface area contributed by atoms with Crippen molar-refractivity contribution in [3.05, 3.63) is 0 Å². The number of carbonyl (C=O) groups excluding carboxylic acids is 2. The number of hydrogen-bond donors (Lipinski definition) is 1. The predicted molar refractivity (Wildman–Crippen MR) is 33.2 cm³/mol. The van der Waals surface area contributed by atoms with Gasteiger partial charge in [0.1, 0.15) is 6.02 Å². The number of nitrogens with one attached hydrogen (secondary N) is 1. The zero-order valence-corrected chi connectivity index (χ0v) is 5.22. The van der Waals surface area contributed by atoms with Gasteiger partial charge in [0.15, 0.2) is 0 Å². The molecule has 0 aromatic heterocycles. The summed E-state index contributed by atoms with van der Waals surface area (Å²) in [6, 6.07) is -2.75. The van der Waals surface area contributed by atoms with Crippen LogP contribution in [0.1, 0.15) is 19.6 Å². The Hall–Kier alpha value is -1.06. The molecule has 4 heteroatoms. The zero-order valence-electron chi connectivity index (χ0n) is 10.2.